The van der Waals surface area contributed by atoms with Gasteiger partial charge >= 0.3 is 0 Å². The molecule has 0 saturated carbocycles. The molecular formula is C10H7Cl3N2S. The van der Waals surface area contributed by atoms with E-state index in [1.165, 1.54) is 11.3 Å². The average molecular weight is 294 g/mol. The number of aromatic nitrogens is 1. The van der Waals surface area contributed by atoms with E-state index in [4.69, 9.17) is 34.8 Å². The highest BCUT2D eigenvalue weighted by Gasteiger charge is 2.03. The summed E-state index contributed by atoms with van der Waals surface area (Å²) in [6.07, 6.45) is 1.73. The second-order valence-electron chi connectivity index (χ2n) is 3.06. The van der Waals surface area contributed by atoms with Crippen LogP contribution in [0.5, 0.6) is 0 Å². The summed E-state index contributed by atoms with van der Waals surface area (Å²) in [5.41, 5.74) is 0.804. The number of hydrogen-bond acceptors (Lipinski definition) is 3. The first kappa shape index (κ1) is 12.0. The van der Waals surface area contributed by atoms with Crippen molar-refractivity contribution in [2.75, 3.05) is 5.32 Å². The normalized spacial score (nSPS) is 10.4. The molecule has 1 N–H and O–H groups in total. The Morgan fingerprint density at radius 2 is 2.06 bits per heavy atom. The van der Waals surface area contributed by atoms with Gasteiger partial charge in [-0.1, -0.05) is 34.8 Å². The van der Waals surface area contributed by atoms with Gasteiger partial charge in [0.05, 0.1) is 17.3 Å². The molecule has 1 aromatic carbocycles. The first-order chi connectivity index (χ1) is 7.65. The molecule has 1 heterocycles. The maximum absolute atomic E-state index is 6.01. The predicted molar refractivity (Wildman–Crippen MR) is 70.9 cm³/mol. The second kappa shape index (κ2) is 5.23. The summed E-state index contributed by atoms with van der Waals surface area (Å²) < 4.78 is 0.536. The van der Waals surface area contributed by atoms with E-state index in [9.17, 15) is 0 Å². The summed E-state index contributed by atoms with van der Waals surface area (Å²) in [5.74, 6) is 0. The summed E-state index contributed by atoms with van der Waals surface area (Å²) in [6, 6.07) is 5.29. The van der Waals surface area contributed by atoms with Crippen LogP contribution in [0.1, 0.15) is 4.88 Å². The van der Waals surface area contributed by atoms with Gasteiger partial charge in [0, 0.05) is 16.1 Å². The number of anilines is 1. The van der Waals surface area contributed by atoms with Crippen LogP contribution in [-0.4, -0.2) is 4.98 Å². The molecule has 6 heteroatoms. The molecule has 0 bridgehead atoms. The van der Waals surface area contributed by atoms with Crippen molar-refractivity contribution in [3.8, 4) is 0 Å². The molecule has 0 aliphatic heterocycles. The lowest BCUT2D eigenvalue weighted by Gasteiger charge is -2.06. The summed E-state index contributed by atoms with van der Waals surface area (Å²) >= 11 is 19.0. The van der Waals surface area contributed by atoms with Crippen molar-refractivity contribution in [2.45, 2.75) is 6.54 Å². The third-order valence-electron chi connectivity index (χ3n) is 1.91. The Hall–Kier alpha value is -0.480. The van der Waals surface area contributed by atoms with Gasteiger partial charge in [0.2, 0.25) is 0 Å². The van der Waals surface area contributed by atoms with Gasteiger partial charge in [-0.25, -0.2) is 4.98 Å². The Labute approximate surface area is 112 Å². The molecule has 16 heavy (non-hydrogen) atoms. The molecule has 2 aromatic rings. The highest BCUT2D eigenvalue weighted by molar-refractivity contribution is 7.15. The second-order valence-corrected chi connectivity index (χ2v) is 5.60. The predicted octanol–water partition coefficient (Wildman–Crippen LogP) is 4.72. The smallest absolute Gasteiger partial charge is 0.183 e. The van der Waals surface area contributed by atoms with Crippen molar-refractivity contribution in [2.24, 2.45) is 0 Å². The topological polar surface area (TPSA) is 24.9 Å². The summed E-state index contributed by atoms with van der Waals surface area (Å²) in [6.45, 7) is 0.629. The van der Waals surface area contributed by atoms with Crippen molar-refractivity contribution in [3.05, 3.63) is 43.8 Å². The third kappa shape index (κ3) is 3.01. The van der Waals surface area contributed by atoms with Crippen molar-refractivity contribution in [3.63, 3.8) is 0 Å². The van der Waals surface area contributed by atoms with Crippen LogP contribution < -0.4 is 5.32 Å². The molecular weight excluding hydrogens is 287 g/mol. The Kier molecular flexibility index (Phi) is 3.92. The molecule has 0 amide bonds. The van der Waals surface area contributed by atoms with Crippen molar-refractivity contribution in [1.82, 2.24) is 4.98 Å². The van der Waals surface area contributed by atoms with Crippen LogP contribution in [0.25, 0.3) is 0 Å². The van der Waals surface area contributed by atoms with E-state index in [1.54, 1.807) is 24.4 Å². The van der Waals surface area contributed by atoms with Crippen molar-refractivity contribution in [1.29, 1.82) is 0 Å². The summed E-state index contributed by atoms with van der Waals surface area (Å²) in [5, 5.41) is 4.47. The van der Waals surface area contributed by atoms with Crippen LogP contribution in [0.3, 0.4) is 0 Å². The third-order valence-corrected chi connectivity index (χ3v) is 3.59. The van der Waals surface area contributed by atoms with Gasteiger partial charge in [-0.05, 0) is 18.2 Å². The van der Waals surface area contributed by atoms with E-state index in [-0.39, 0.29) is 0 Å². The minimum atomic E-state index is 0.536. The Morgan fingerprint density at radius 1 is 1.25 bits per heavy atom. The van der Waals surface area contributed by atoms with Crippen LogP contribution in [0.2, 0.25) is 14.5 Å². The number of rotatable bonds is 3. The first-order valence-corrected chi connectivity index (χ1v) is 6.39. The number of nitrogens with zero attached hydrogens (tertiary/aromatic N) is 1. The zero-order chi connectivity index (χ0) is 11.5. The molecule has 0 radical (unpaired) electrons. The molecule has 0 spiro atoms. The monoisotopic (exact) mass is 292 g/mol. The SMILES string of the molecule is Clc1ccc(Cl)c(NCc2cnc(Cl)s2)c1. The highest BCUT2D eigenvalue weighted by Crippen LogP contribution is 2.26. The van der Waals surface area contributed by atoms with Crippen LogP contribution >= 0.6 is 46.1 Å². The Morgan fingerprint density at radius 3 is 2.75 bits per heavy atom. The van der Waals surface area contributed by atoms with Crippen LogP contribution in [-0.2, 0) is 6.54 Å². The molecule has 0 fully saturated rings. The van der Waals surface area contributed by atoms with Crippen LogP contribution in [0, 0.1) is 0 Å². The molecule has 1 aromatic heterocycles. The van der Waals surface area contributed by atoms with E-state index in [2.05, 4.69) is 10.3 Å². The lowest BCUT2D eigenvalue weighted by Crippen LogP contribution is -1.97. The van der Waals surface area contributed by atoms with Gasteiger partial charge in [-0.3, -0.25) is 0 Å². The quantitative estimate of drug-likeness (QED) is 0.886. The van der Waals surface area contributed by atoms with Crippen molar-refractivity contribution < 1.29 is 0 Å². The zero-order valence-electron chi connectivity index (χ0n) is 8.01. The average Bonchev–Trinajstić information content (AvgIpc) is 2.66. The van der Waals surface area contributed by atoms with E-state index >= 15 is 0 Å². The van der Waals surface area contributed by atoms with E-state index < -0.39 is 0 Å². The Balaban J connectivity index is 2.07. The van der Waals surface area contributed by atoms with Gasteiger partial charge in [0.25, 0.3) is 0 Å². The van der Waals surface area contributed by atoms with Crippen molar-refractivity contribution >= 4 is 51.8 Å². The van der Waals surface area contributed by atoms with Gasteiger partial charge in [0.15, 0.2) is 4.47 Å². The standard InChI is InChI=1S/C10H7Cl3N2S/c11-6-1-2-8(12)9(3-6)14-4-7-5-15-10(13)16-7/h1-3,5,14H,4H2. The van der Waals surface area contributed by atoms with Crippen LogP contribution in [0.15, 0.2) is 24.4 Å². The fraction of sp³-hybridized carbons (Fsp3) is 0.100. The summed E-state index contributed by atoms with van der Waals surface area (Å²) in [4.78, 5) is 5.00. The lowest BCUT2D eigenvalue weighted by atomic mass is 10.3. The maximum atomic E-state index is 6.01. The number of hydrogen-bond donors (Lipinski definition) is 1. The van der Waals surface area contributed by atoms with Gasteiger partial charge in [-0.15, -0.1) is 11.3 Å². The minimum absolute atomic E-state index is 0.536. The minimum Gasteiger partial charge on any atom is -0.379 e. The lowest BCUT2D eigenvalue weighted by molar-refractivity contribution is 1.17. The molecule has 0 atom stereocenters. The van der Waals surface area contributed by atoms with Gasteiger partial charge in [-0.2, -0.15) is 0 Å². The molecule has 0 saturated heterocycles. The van der Waals surface area contributed by atoms with Gasteiger partial charge < -0.3 is 5.32 Å². The molecule has 2 nitrogen and oxygen atoms in total. The number of nitrogens with one attached hydrogen (secondary N) is 1. The zero-order valence-corrected chi connectivity index (χ0v) is 11.1. The van der Waals surface area contributed by atoms with E-state index in [0.29, 0.717) is 21.1 Å². The number of halogens is 3. The molecule has 0 aliphatic carbocycles. The van der Waals surface area contributed by atoms with Crippen LogP contribution in [0.4, 0.5) is 5.69 Å². The summed E-state index contributed by atoms with van der Waals surface area (Å²) in [7, 11) is 0. The highest BCUT2D eigenvalue weighted by atomic mass is 35.5. The largest absolute Gasteiger partial charge is 0.379 e. The van der Waals surface area contributed by atoms with E-state index in [0.717, 1.165) is 10.6 Å². The number of benzene rings is 1. The maximum Gasteiger partial charge on any atom is 0.183 e. The van der Waals surface area contributed by atoms with Gasteiger partial charge in [0.1, 0.15) is 0 Å². The molecule has 2 rings (SSSR count). The fourth-order valence-electron chi connectivity index (χ4n) is 1.18. The Bertz CT molecular complexity index is 499. The number of thiazole rings is 1. The molecule has 0 unspecified atom stereocenters. The molecule has 84 valence electrons. The molecule has 0 aliphatic rings. The fourth-order valence-corrected chi connectivity index (χ4v) is 2.45. The van der Waals surface area contributed by atoms with E-state index in [1.807, 2.05) is 0 Å². The first-order valence-electron chi connectivity index (χ1n) is 4.44.